The summed E-state index contributed by atoms with van der Waals surface area (Å²) in [7, 11) is 3.33. The summed E-state index contributed by atoms with van der Waals surface area (Å²) in [5.41, 5.74) is 7.58. The minimum Gasteiger partial charge on any atom is -0.394 e. The second-order valence-corrected chi connectivity index (χ2v) is 4.26. The summed E-state index contributed by atoms with van der Waals surface area (Å²) in [6, 6.07) is 0. The Balaban J connectivity index is 2.70. The van der Waals surface area contributed by atoms with E-state index in [1.807, 2.05) is 11.6 Å². The average molecular weight is 256 g/mol. The highest BCUT2D eigenvalue weighted by atomic mass is 16.5. The van der Waals surface area contributed by atoms with Crippen LogP contribution in [0, 0.1) is 6.92 Å². The van der Waals surface area contributed by atoms with Crippen molar-refractivity contribution < 1.29 is 9.47 Å². The highest BCUT2D eigenvalue weighted by Crippen LogP contribution is 2.22. The van der Waals surface area contributed by atoms with Crippen molar-refractivity contribution in [3.05, 3.63) is 5.69 Å². The standard InChI is InChI=1S/C12H24N4O2/c1-5-6-16-12(11(13)9(2)15-16)14-7-10(18-4)8-17-3/h10,14H,5-8,13H2,1-4H3. The lowest BCUT2D eigenvalue weighted by Gasteiger charge is -2.16. The minimum absolute atomic E-state index is 0.000294. The molecular weight excluding hydrogens is 232 g/mol. The molecular formula is C12H24N4O2. The van der Waals surface area contributed by atoms with Crippen LogP contribution in [-0.2, 0) is 16.0 Å². The maximum Gasteiger partial charge on any atom is 0.148 e. The lowest BCUT2D eigenvalue weighted by Crippen LogP contribution is -2.27. The molecule has 0 aliphatic rings. The van der Waals surface area contributed by atoms with Crippen LogP contribution < -0.4 is 11.1 Å². The SMILES string of the molecule is CCCn1nc(C)c(N)c1NCC(COC)OC. The maximum atomic E-state index is 6.02. The molecule has 0 aliphatic heterocycles. The Kier molecular flexibility index (Phi) is 5.94. The maximum absolute atomic E-state index is 6.02. The van der Waals surface area contributed by atoms with E-state index in [1.54, 1.807) is 14.2 Å². The molecule has 0 aromatic carbocycles. The second-order valence-electron chi connectivity index (χ2n) is 4.26. The van der Waals surface area contributed by atoms with Gasteiger partial charge in [-0.15, -0.1) is 0 Å². The van der Waals surface area contributed by atoms with Crippen molar-refractivity contribution in [3.8, 4) is 0 Å². The first kappa shape index (κ1) is 14.8. The van der Waals surface area contributed by atoms with E-state index in [9.17, 15) is 0 Å². The lowest BCUT2D eigenvalue weighted by atomic mass is 10.3. The largest absolute Gasteiger partial charge is 0.394 e. The van der Waals surface area contributed by atoms with E-state index in [2.05, 4.69) is 17.3 Å². The number of nitrogens with two attached hydrogens (primary N) is 1. The molecule has 18 heavy (non-hydrogen) atoms. The van der Waals surface area contributed by atoms with E-state index >= 15 is 0 Å². The van der Waals surface area contributed by atoms with Crippen LogP contribution in [0.1, 0.15) is 19.0 Å². The van der Waals surface area contributed by atoms with Crippen LogP contribution in [0.25, 0.3) is 0 Å². The molecule has 3 N–H and O–H groups in total. The molecule has 0 bridgehead atoms. The number of methoxy groups -OCH3 is 2. The number of anilines is 2. The van der Waals surface area contributed by atoms with Gasteiger partial charge in [0.2, 0.25) is 0 Å². The van der Waals surface area contributed by atoms with Crippen LogP contribution in [0.2, 0.25) is 0 Å². The van der Waals surface area contributed by atoms with E-state index < -0.39 is 0 Å². The topological polar surface area (TPSA) is 74.3 Å². The summed E-state index contributed by atoms with van der Waals surface area (Å²) in [6.45, 7) is 6.06. The van der Waals surface area contributed by atoms with Gasteiger partial charge in [-0.25, -0.2) is 4.68 Å². The third-order valence-corrected chi connectivity index (χ3v) is 2.79. The van der Waals surface area contributed by atoms with Crippen molar-refractivity contribution in [1.29, 1.82) is 0 Å². The van der Waals surface area contributed by atoms with Crippen LogP contribution in [0.15, 0.2) is 0 Å². The van der Waals surface area contributed by atoms with Crippen molar-refractivity contribution in [2.45, 2.75) is 32.9 Å². The van der Waals surface area contributed by atoms with E-state index in [-0.39, 0.29) is 6.10 Å². The van der Waals surface area contributed by atoms with Gasteiger partial charge in [0.25, 0.3) is 0 Å². The van der Waals surface area contributed by atoms with E-state index in [4.69, 9.17) is 15.2 Å². The minimum atomic E-state index is -0.000294. The van der Waals surface area contributed by atoms with Gasteiger partial charge in [-0.2, -0.15) is 5.10 Å². The number of nitrogen functional groups attached to an aromatic ring is 1. The van der Waals surface area contributed by atoms with Crippen molar-refractivity contribution in [3.63, 3.8) is 0 Å². The Morgan fingerprint density at radius 1 is 1.44 bits per heavy atom. The molecule has 1 heterocycles. The number of nitrogens with one attached hydrogen (secondary N) is 1. The van der Waals surface area contributed by atoms with Crippen molar-refractivity contribution in [1.82, 2.24) is 9.78 Å². The van der Waals surface area contributed by atoms with Gasteiger partial charge in [-0.1, -0.05) is 6.92 Å². The van der Waals surface area contributed by atoms with Gasteiger partial charge in [0.15, 0.2) is 0 Å². The fourth-order valence-corrected chi connectivity index (χ4v) is 1.76. The molecule has 0 fully saturated rings. The van der Waals surface area contributed by atoms with Gasteiger partial charge in [0, 0.05) is 27.3 Å². The molecule has 0 spiro atoms. The number of nitrogens with zero attached hydrogens (tertiary/aromatic N) is 2. The van der Waals surface area contributed by atoms with Gasteiger partial charge in [-0.3, -0.25) is 0 Å². The summed E-state index contributed by atoms with van der Waals surface area (Å²) < 4.78 is 12.3. The molecule has 0 aliphatic carbocycles. The zero-order chi connectivity index (χ0) is 13.5. The molecule has 0 saturated carbocycles. The third-order valence-electron chi connectivity index (χ3n) is 2.79. The van der Waals surface area contributed by atoms with Crippen LogP contribution in [0.3, 0.4) is 0 Å². The first-order chi connectivity index (χ1) is 8.63. The molecule has 0 amide bonds. The Morgan fingerprint density at radius 3 is 2.72 bits per heavy atom. The summed E-state index contributed by atoms with van der Waals surface area (Å²) in [5, 5.41) is 7.70. The lowest BCUT2D eigenvalue weighted by molar-refractivity contribution is 0.0365. The Morgan fingerprint density at radius 2 is 2.17 bits per heavy atom. The Labute approximate surface area is 108 Å². The molecule has 1 atom stereocenters. The Hall–Kier alpha value is -1.27. The molecule has 6 nitrogen and oxygen atoms in total. The average Bonchev–Trinajstić information content (AvgIpc) is 2.62. The predicted octanol–water partition coefficient (Wildman–Crippen LogP) is 1.26. The van der Waals surface area contributed by atoms with Crippen LogP contribution in [0.5, 0.6) is 0 Å². The van der Waals surface area contributed by atoms with Crippen molar-refractivity contribution in [2.24, 2.45) is 0 Å². The number of ether oxygens (including phenoxy) is 2. The quantitative estimate of drug-likeness (QED) is 0.732. The molecule has 0 radical (unpaired) electrons. The van der Waals surface area contributed by atoms with Crippen molar-refractivity contribution in [2.75, 3.05) is 38.4 Å². The molecule has 1 aromatic rings. The van der Waals surface area contributed by atoms with Gasteiger partial charge >= 0.3 is 0 Å². The number of rotatable bonds is 8. The monoisotopic (exact) mass is 256 g/mol. The zero-order valence-electron chi connectivity index (χ0n) is 11.7. The fraction of sp³-hybridized carbons (Fsp3) is 0.750. The molecule has 1 rings (SSSR count). The molecule has 1 unspecified atom stereocenters. The van der Waals surface area contributed by atoms with Crippen LogP contribution >= 0.6 is 0 Å². The zero-order valence-corrected chi connectivity index (χ0v) is 11.7. The first-order valence-electron chi connectivity index (χ1n) is 6.22. The van der Waals surface area contributed by atoms with E-state index in [1.165, 1.54) is 0 Å². The summed E-state index contributed by atoms with van der Waals surface area (Å²) >= 11 is 0. The van der Waals surface area contributed by atoms with E-state index in [0.717, 1.165) is 24.5 Å². The highest BCUT2D eigenvalue weighted by Gasteiger charge is 2.14. The molecule has 0 saturated heterocycles. The third kappa shape index (κ3) is 3.61. The predicted molar refractivity (Wildman–Crippen MR) is 72.8 cm³/mol. The number of hydrogen-bond acceptors (Lipinski definition) is 5. The van der Waals surface area contributed by atoms with Gasteiger partial charge < -0.3 is 20.5 Å². The van der Waals surface area contributed by atoms with Crippen LogP contribution in [-0.4, -0.2) is 43.3 Å². The van der Waals surface area contributed by atoms with Gasteiger partial charge in [0.1, 0.15) is 5.82 Å². The van der Waals surface area contributed by atoms with Gasteiger partial charge in [0.05, 0.1) is 24.1 Å². The number of aromatic nitrogens is 2. The Bertz CT molecular complexity index is 365. The highest BCUT2D eigenvalue weighted by molar-refractivity contribution is 5.64. The number of aryl methyl sites for hydroxylation is 2. The van der Waals surface area contributed by atoms with Crippen molar-refractivity contribution >= 4 is 11.5 Å². The summed E-state index contributed by atoms with van der Waals surface area (Å²) in [6.07, 6.45) is 1.01. The molecule has 6 heteroatoms. The summed E-state index contributed by atoms with van der Waals surface area (Å²) in [5.74, 6) is 0.868. The van der Waals surface area contributed by atoms with Crippen LogP contribution in [0.4, 0.5) is 11.5 Å². The van der Waals surface area contributed by atoms with E-state index in [0.29, 0.717) is 18.8 Å². The smallest absolute Gasteiger partial charge is 0.148 e. The normalized spacial score (nSPS) is 12.7. The fourth-order valence-electron chi connectivity index (χ4n) is 1.76. The molecule has 104 valence electrons. The first-order valence-corrected chi connectivity index (χ1v) is 6.22. The summed E-state index contributed by atoms with van der Waals surface area (Å²) in [4.78, 5) is 0. The molecule has 1 aromatic heterocycles. The van der Waals surface area contributed by atoms with Gasteiger partial charge in [-0.05, 0) is 13.3 Å². The second kappa shape index (κ2) is 7.23. The number of hydrogen-bond donors (Lipinski definition) is 2.